The van der Waals surface area contributed by atoms with Crippen molar-refractivity contribution >= 4 is 5.91 Å². The van der Waals surface area contributed by atoms with E-state index in [0.29, 0.717) is 18.8 Å². The number of fused-ring (bicyclic) bond motifs is 2. The van der Waals surface area contributed by atoms with Crippen LogP contribution in [0.4, 0.5) is 0 Å². The largest absolute Gasteiger partial charge is 0.372 e. The first-order chi connectivity index (χ1) is 8.31. The SMILES string of the molecule is O=C(CN1CC2CCC(C1)O2)N1CCNCC1. The number of nitrogens with zero attached hydrogens (tertiary/aromatic N) is 2. The van der Waals surface area contributed by atoms with E-state index >= 15 is 0 Å². The van der Waals surface area contributed by atoms with Gasteiger partial charge in [0.2, 0.25) is 5.91 Å². The van der Waals surface area contributed by atoms with E-state index in [4.69, 9.17) is 4.74 Å². The van der Waals surface area contributed by atoms with Gasteiger partial charge in [0.05, 0.1) is 18.8 Å². The molecule has 3 rings (SSSR count). The third kappa shape index (κ3) is 2.61. The van der Waals surface area contributed by atoms with Crippen LogP contribution < -0.4 is 5.32 Å². The smallest absolute Gasteiger partial charge is 0.236 e. The van der Waals surface area contributed by atoms with Gasteiger partial charge in [-0.1, -0.05) is 0 Å². The number of nitrogens with one attached hydrogen (secondary N) is 1. The number of rotatable bonds is 2. The number of likely N-dealkylation sites (tertiary alicyclic amines) is 1. The molecule has 2 unspecified atom stereocenters. The van der Waals surface area contributed by atoms with E-state index in [-0.39, 0.29) is 5.91 Å². The summed E-state index contributed by atoms with van der Waals surface area (Å²) in [5.74, 6) is 0.285. The minimum atomic E-state index is 0.285. The van der Waals surface area contributed by atoms with E-state index < -0.39 is 0 Å². The molecule has 5 nitrogen and oxygen atoms in total. The zero-order valence-electron chi connectivity index (χ0n) is 10.2. The Kier molecular flexibility index (Phi) is 3.31. The number of carbonyl (C=O) groups excluding carboxylic acids is 1. The van der Waals surface area contributed by atoms with Crippen molar-refractivity contribution in [1.82, 2.24) is 15.1 Å². The molecule has 0 aromatic heterocycles. The van der Waals surface area contributed by atoms with Crippen LogP contribution in [-0.4, -0.2) is 73.7 Å². The van der Waals surface area contributed by atoms with Crippen molar-refractivity contribution in [2.24, 2.45) is 0 Å². The van der Waals surface area contributed by atoms with Gasteiger partial charge >= 0.3 is 0 Å². The predicted molar refractivity (Wildman–Crippen MR) is 63.8 cm³/mol. The number of piperazine rings is 1. The maximum atomic E-state index is 12.1. The summed E-state index contributed by atoms with van der Waals surface area (Å²) in [5, 5.41) is 3.27. The lowest BCUT2D eigenvalue weighted by Crippen LogP contribution is -2.52. The number of hydrogen-bond acceptors (Lipinski definition) is 4. The molecular weight excluding hydrogens is 218 g/mol. The van der Waals surface area contributed by atoms with Crippen LogP contribution >= 0.6 is 0 Å². The Labute approximate surface area is 102 Å². The Morgan fingerprint density at radius 2 is 1.82 bits per heavy atom. The summed E-state index contributed by atoms with van der Waals surface area (Å²) in [6, 6.07) is 0. The average molecular weight is 239 g/mol. The van der Waals surface area contributed by atoms with Gasteiger partial charge in [-0.2, -0.15) is 0 Å². The highest BCUT2D eigenvalue weighted by Crippen LogP contribution is 2.25. The third-order valence-electron chi connectivity index (χ3n) is 3.95. The fraction of sp³-hybridized carbons (Fsp3) is 0.917. The lowest BCUT2D eigenvalue weighted by atomic mass is 10.2. The Balaban J connectivity index is 1.50. The molecule has 0 saturated carbocycles. The van der Waals surface area contributed by atoms with Crippen LogP contribution in [0.1, 0.15) is 12.8 Å². The normalized spacial score (nSPS) is 34.0. The van der Waals surface area contributed by atoms with Crippen molar-refractivity contribution in [1.29, 1.82) is 0 Å². The Morgan fingerprint density at radius 3 is 2.47 bits per heavy atom. The summed E-state index contributed by atoms with van der Waals surface area (Å²) in [4.78, 5) is 16.4. The van der Waals surface area contributed by atoms with Gasteiger partial charge in [0.25, 0.3) is 0 Å². The summed E-state index contributed by atoms with van der Waals surface area (Å²) in [6.45, 7) is 6.03. The monoisotopic (exact) mass is 239 g/mol. The summed E-state index contributed by atoms with van der Waals surface area (Å²) in [5.41, 5.74) is 0. The molecule has 0 spiro atoms. The van der Waals surface area contributed by atoms with E-state index in [1.807, 2.05) is 4.90 Å². The van der Waals surface area contributed by atoms with E-state index in [1.165, 1.54) is 12.8 Å². The molecule has 0 aromatic rings. The first-order valence-corrected chi connectivity index (χ1v) is 6.67. The molecule has 3 aliphatic rings. The number of carbonyl (C=O) groups is 1. The van der Waals surface area contributed by atoms with Crippen LogP contribution in [0, 0.1) is 0 Å². The number of ether oxygens (including phenoxy) is 1. The lowest BCUT2D eigenvalue weighted by Gasteiger charge is -2.34. The summed E-state index contributed by atoms with van der Waals surface area (Å²) < 4.78 is 5.78. The number of hydrogen-bond donors (Lipinski definition) is 1. The topological polar surface area (TPSA) is 44.8 Å². The van der Waals surface area contributed by atoms with Crippen molar-refractivity contribution in [2.45, 2.75) is 25.0 Å². The molecule has 2 bridgehead atoms. The minimum Gasteiger partial charge on any atom is -0.372 e. The Morgan fingerprint density at radius 1 is 1.18 bits per heavy atom. The molecule has 1 N–H and O–H groups in total. The third-order valence-corrected chi connectivity index (χ3v) is 3.95. The van der Waals surface area contributed by atoms with E-state index in [9.17, 15) is 4.79 Å². The Bertz CT molecular complexity index is 279. The molecule has 0 radical (unpaired) electrons. The highest BCUT2D eigenvalue weighted by Gasteiger charge is 2.34. The second kappa shape index (κ2) is 4.92. The molecule has 0 aromatic carbocycles. The molecule has 1 amide bonds. The second-order valence-corrected chi connectivity index (χ2v) is 5.28. The van der Waals surface area contributed by atoms with Gasteiger partial charge in [-0.3, -0.25) is 9.69 Å². The van der Waals surface area contributed by atoms with Crippen LogP contribution in [-0.2, 0) is 9.53 Å². The molecule has 5 heteroatoms. The van der Waals surface area contributed by atoms with Crippen molar-refractivity contribution < 1.29 is 9.53 Å². The summed E-state index contributed by atoms with van der Waals surface area (Å²) in [6.07, 6.45) is 3.10. The molecule has 2 atom stereocenters. The molecule has 3 aliphatic heterocycles. The van der Waals surface area contributed by atoms with E-state index in [0.717, 1.165) is 39.3 Å². The average Bonchev–Trinajstić information content (AvgIpc) is 2.70. The van der Waals surface area contributed by atoms with Crippen molar-refractivity contribution in [3.05, 3.63) is 0 Å². The first-order valence-electron chi connectivity index (χ1n) is 6.67. The van der Waals surface area contributed by atoms with Crippen molar-refractivity contribution in [3.8, 4) is 0 Å². The zero-order chi connectivity index (χ0) is 11.7. The zero-order valence-corrected chi connectivity index (χ0v) is 10.2. The van der Waals surface area contributed by atoms with Crippen LogP contribution in [0.25, 0.3) is 0 Å². The standard InChI is InChI=1S/C12H21N3O2/c16-12(15-5-3-13-4-6-15)9-14-7-10-1-2-11(8-14)17-10/h10-11,13H,1-9H2. The molecule has 96 valence electrons. The van der Waals surface area contributed by atoms with E-state index in [2.05, 4.69) is 10.2 Å². The molecule has 3 fully saturated rings. The van der Waals surface area contributed by atoms with Gasteiger partial charge < -0.3 is 15.0 Å². The van der Waals surface area contributed by atoms with Crippen LogP contribution in [0.2, 0.25) is 0 Å². The fourth-order valence-corrected chi connectivity index (χ4v) is 3.03. The maximum Gasteiger partial charge on any atom is 0.236 e. The molecule has 0 aliphatic carbocycles. The van der Waals surface area contributed by atoms with Gasteiger partial charge in [0.1, 0.15) is 0 Å². The fourth-order valence-electron chi connectivity index (χ4n) is 3.03. The Hall–Kier alpha value is -0.650. The number of morpholine rings is 1. The summed E-state index contributed by atoms with van der Waals surface area (Å²) in [7, 11) is 0. The van der Waals surface area contributed by atoms with Crippen LogP contribution in [0.5, 0.6) is 0 Å². The summed E-state index contributed by atoms with van der Waals surface area (Å²) >= 11 is 0. The quantitative estimate of drug-likeness (QED) is 0.691. The molecule has 17 heavy (non-hydrogen) atoms. The van der Waals surface area contributed by atoms with Crippen molar-refractivity contribution in [3.63, 3.8) is 0 Å². The van der Waals surface area contributed by atoms with Gasteiger partial charge in [0, 0.05) is 39.3 Å². The van der Waals surface area contributed by atoms with Gasteiger partial charge in [-0.05, 0) is 12.8 Å². The first kappa shape index (κ1) is 11.4. The number of amides is 1. The predicted octanol–water partition coefficient (Wildman–Crippen LogP) is -0.719. The second-order valence-electron chi connectivity index (χ2n) is 5.28. The maximum absolute atomic E-state index is 12.1. The van der Waals surface area contributed by atoms with Gasteiger partial charge in [-0.15, -0.1) is 0 Å². The lowest BCUT2D eigenvalue weighted by molar-refractivity contribution is -0.135. The molecule has 3 heterocycles. The van der Waals surface area contributed by atoms with Crippen LogP contribution in [0.3, 0.4) is 0 Å². The highest BCUT2D eigenvalue weighted by molar-refractivity contribution is 5.78. The van der Waals surface area contributed by atoms with E-state index in [1.54, 1.807) is 0 Å². The highest BCUT2D eigenvalue weighted by atomic mass is 16.5. The van der Waals surface area contributed by atoms with Gasteiger partial charge in [-0.25, -0.2) is 0 Å². The molecular formula is C12H21N3O2. The minimum absolute atomic E-state index is 0.285. The van der Waals surface area contributed by atoms with Crippen LogP contribution in [0.15, 0.2) is 0 Å². The van der Waals surface area contributed by atoms with Gasteiger partial charge in [0.15, 0.2) is 0 Å². The molecule has 3 saturated heterocycles. The van der Waals surface area contributed by atoms with Crippen molar-refractivity contribution in [2.75, 3.05) is 45.8 Å².